The van der Waals surface area contributed by atoms with Gasteiger partial charge in [-0.05, 0) is 31.9 Å². The summed E-state index contributed by atoms with van der Waals surface area (Å²) in [6, 6.07) is 3.23. The Hall–Kier alpha value is -2.11. The van der Waals surface area contributed by atoms with Crippen LogP contribution in [0.25, 0.3) is 0 Å². The normalized spacial score (nSPS) is 22.0. The molecule has 6 heteroatoms. The molecule has 1 aliphatic heterocycles. The van der Waals surface area contributed by atoms with Gasteiger partial charge in [0.05, 0.1) is 5.41 Å². The van der Waals surface area contributed by atoms with Gasteiger partial charge in [-0.3, -0.25) is 14.4 Å². The summed E-state index contributed by atoms with van der Waals surface area (Å²) >= 11 is 0. The monoisotopic (exact) mass is 278 g/mol. The number of hydrogen-bond acceptors (Lipinski definition) is 3. The molecule has 0 saturated carbocycles. The van der Waals surface area contributed by atoms with Crippen molar-refractivity contribution in [3.05, 3.63) is 34.2 Å². The van der Waals surface area contributed by atoms with Crippen molar-refractivity contribution in [3.63, 3.8) is 0 Å². The lowest BCUT2D eigenvalue weighted by Crippen LogP contribution is -2.38. The van der Waals surface area contributed by atoms with E-state index in [0.717, 1.165) is 5.56 Å². The quantitative estimate of drug-likeness (QED) is 0.872. The molecule has 108 valence electrons. The molecule has 1 N–H and O–H groups in total. The zero-order chi connectivity index (χ0) is 14.9. The van der Waals surface area contributed by atoms with Crippen molar-refractivity contribution >= 4 is 11.9 Å². The molecule has 0 radical (unpaired) electrons. The summed E-state index contributed by atoms with van der Waals surface area (Å²) in [7, 11) is 0. The van der Waals surface area contributed by atoms with Gasteiger partial charge in [0.1, 0.15) is 6.54 Å². The third-order valence-corrected chi connectivity index (χ3v) is 3.80. The van der Waals surface area contributed by atoms with Gasteiger partial charge in [0.25, 0.3) is 5.56 Å². The van der Waals surface area contributed by atoms with Crippen molar-refractivity contribution in [3.8, 4) is 0 Å². The fourth-order valence-electron chi connectivity index (χ4n) is 2.33. The standard InChI is InChI=1S/C14H18N2O4/c1-10-3-5-15(11(17)7-10)8-12(18)16-6-4-14(2,9-16)13(19)20/h3,5,7H,4,6,8-9H2,1-2H3,(H,19,20). The molecule has 2 heterocycles. The molecule has 1 atom stereocenters. The Bertz CT molecular complexity index is 607. The van der Waals surface area contributed by atoms with E-state index < -0.39 is 11.4 Å². The number of aryl methyl sites for hydroxylation is 1. The number of nitrogens with zero attached hydrogens (tertiary/aromatic N) is 2. The van der Waals surface area contributed by atoms with Crippen LogP contribution in [0.4, 0.5) is 0 Å². The fraction of sp³-hybridized carbons (Fsp3) is 0.500. The van der Waals surface area contributed by atoms with Crippen LogP contribution in [0.5, 0.6) is 0 Å². The van der Waals surface area contributed by atoms with Gasteiger partial charge in [-0.1, -0.05) is 0 Å². The van der Waals surface area contributed by atoms with Crippen LogP contribution in [-0.2, 0) is 16.1 Å². The molecule has 0 spiro atoms. The van der Waals surface area contributed by atoms with Gasteiger partial charge in [-0.2, -0.15) is 0 Å². The average molecular weight is 278 g/mol. The van der Waals surface area contributed by atoms with E-state index in [-0.39, 0.29) is 24.6 Å². The van der Waals surface area contributed by atoms with E-state index in [1.807, 2.05) is 6.92 Å². The molecule has 1 aliphatic rings. The number of carbonyl (C=O) groups is 2. The number of hydrogen-bond donors (Lipinski definition) is 1. The summed E-state index contributed by atoms with van der Waals surface area (Å²) in [5, 5.41) is 9.14. The number of rotatable bonds is 3. The molecule has 1 fully saturated rings. The van der Waals surface area contributed by atoms with Gasteiger partial charge in [0.15, 0.2) is 0 Å². The van der Waals surface area contributed by atoms with E-state index in [1.54, 1.807) is 19.2 Å². The van der Waals surface area contributed by atoms with Gasteiger partial charge in [-0.25, -0.2) is 0 Å². The third-order valence-electron chi connectivity index (χ3n) is 3.80. The van der Waals surface area contributed by atoms with Gasteiger partial charge in [0.2, 0.25) is 5.91 Å². The van der Waals surface area contributed by atoms with E-state index >= 15 is 0 Å². The maximum atomic E-state index is 12.1. The fourth-order valence-corrected chi connectivity index (χ4v) is 2.33. The Labute approximate surface area is 116 Å². The molecule has 1 saturated heterocycles. The second-order valence-electron chi connectivity index (χ2n) is 5.60. The summed E-state index contributed by atoms with van der Waals surface area (Å²) in [4.78, 5) is 36.5. The van der Waals surface area contributed by atoms with Crippen molar-refractivity contribution in [1.82, 2.24) is 9.47 Å². The summed E-state index contributed by atoms with van der Waals surface area (Å²) in [5.74, 6) is -1.11. The zero-order valence-electron chi connectivity index (χ0n) is 11.6. The number of pyridine rings is 1. The lowest BCUT2D eigenvalue weighted by molar-refractivity contribution is -0.147. The Morgan fingerprint density at radius 3 is 2.70 bits per heavy atom. The minimum absolute atomic E-state index is 0.0468. The zero-order valence-corrected chi connectivity index (χ0v) is 11.6. The van der Waals surface area contributed by atoms with Crippen LogP contribution in [0.1, 0.15) is 18.9 Å². The smallest absolute Gasteiger partial charge is 0.311 e. The Morgan fingerprint density at radius 1 is 1.45 bits per heavy atom. The molecule has 1 aromatic heterocycles. The molecule has 0 aliphatic carbocycles. The number of carboxylic acid groups (broad SMARTS) is 1. The predicted molar refractivity (Wildman–Crippen MR) is 72.4 cm³/mol. The highest BCUT2D eigenvalue weighted by atomic mass is 16.4. The second-order valence-corrected chi connectivity index (χ2v) is 5.60. The minimum atomic E-state index is -0.889. The summed E-state index contributed by atoms with van der Waals surface area (Å²) in [6.45, 7) is 4.02. The largest absolute Gasteiger partial charge is 0.481 e. The van der Waals surface area contributed by atoms with Crippen molar-refractivity contribution in [2.24, 2.45) is 5.41 Å². The highest BCUT2D eigenvalue weighted by Crippen LogP contribution is 2.30. The van der Waals surface area contributed by atoms with Crippen LogP contribution in [0, 0.1) is 12.3 Å². The van der Waals surface area contributed by atoms with Crippen LogP contribution >= 0.6 is 0 Å². The van der Waals surface area contributed by atoms with Crippen LogP contribution in [0.2, 0.25) is 0 Å². The Morgan fingerprint density at radius 2 is 2.15 bits per heavy atom. The van der Waals surface area contributed by atoms with E-state index in [9.17, 15) is 14.4 Å². The molecular formula is C14H18N2O4. The maximum absolute atomic E-state index is 12.1. The number of aliphatic carboxylic acids is 1. The molecule has 1 aromatic rings. The molecular weight excluding hydrogens is 260 g/mol. The first-order valence-electron chi connectivity index (χ1n) is 6.50. The topological polar surface area (TPSA) is 79.6 Å². The van der Waals surface area contributed by atoms with Crippen molar-refractivity contribution in [2.45, 2.75) is 26.8 Å². The summed E-state index contributed by atoms with van der Waals surface area (Å²) in [6.07, 6.45) is 2.03. The molecule has 0 aromatic carbocycles. The molecule has 1 unspecified atom stereocenters. The predicted octanol–water partition coefficient (Wildman–Crippen LogP) is 0.480. The first kappa shape index (κ1) is 14.3. The molecule has 20 heavy (non-hydrogen) atoms. The minimum Gasteiger partial charge on any atom is -0.481 e. The molecule has 6 nitrogen and oxygen atoms in total. The molecule has 1 amide bonds. The number of amides is 1. The second kappa shape index (κ2) is 5.11. The molecule has 0 bridgehead atoms. The number of carboxylic acids is 1. The van der Waals surface area contributed by atoms with E-state index in [2.05, 4.69) is 0 Å². The van der Waals surface area contributed by atoms with E-state index in [1.165, 1.54) is 15.5 Å². The van der Waals surface area contributed by atoms with Gasteiger partial charge >= 0.3 is 5.97 Å². The van der Waals surface area contributed by atoms with Crippen molar-refractivity contribution in [2.75, 3.05) is 13.1 Å². The SMILES string of the molecule is Cc1ccn(CC(=O)N2CCC(C)(C(=O)O)C2)c(=O)c1. The first-order chi connectivity index (χ1) is 9.32. The molecule has 2 rings (SSSR count). The van der Waals surface area contributed by atoms with Crippen LogP contribution in [0.3, 0.4) is 0 Å². The highest BCUT2D eigenvalue weighted by Gasteiger charge is 2.41. The van der Waals surface area contributed by atoms with Crippen LogP contribution < -0.4 is 5.56 Å². The lowest BCUT2D eigenvalue weighted by atomic mass is 9.90. The maximum Gasteiger partial charge on any atom is 0.311 e. The number of carbonyl (C=O) groups excluding carboxylic acids is 1. The Balaban J connectivity index is 2.07. The highest BCUT2D eigenvalue weighted by molar-refractivity contribution is 5.80. The summed E-state index contributed by atoms with van der Waals surface area (Å²) in [5.41, 5.74) is -0.259. The van der Waals surface area contributed by atoms with E-state index in [0.29, 0.717) is 13.0 Å². The van der Waals surface area contributed by atoms with Gasteiger partial charge in [0, 0.05) is 25.4 Å². The van der Waals surface area contributed by atoms with Crippen molar-refractivity contribution in [1.29, 1.82) is 0 Å². The Kier molecular flexibility index (Phi) is 3.65. The average Bonchev–Trinajstić information content (AvgIpc) is 2.77. The van der Waals surface area contributed by atoms with Gasteiger partial charge in [-0.15, -0.1) is 0 Å². The van der Waals surface area contributed by atoms with Crippen molar-refractivity contribution < 1.29 is 14.7 Å². The van der Waals surface area contributed by atoms with E-state index in [4.69, 9.17) is 5.11 Å². The summed E-state index contributed by atoms with van der Waals surface area (Å²) < 4.78 is 1.34. The van der Waals surface area contributed by atoms with Crippen LogP contribution in [-0.4, -0.2) is 39.5 Å². The lowest BCUT2D eigenvalue weighted by Gasteiger charge is -2.20. The van der Waals surface area contributed by atoms with Gasteiger partial charge < -0.3 is 14.6 Å². The first-order valence-corrected chi connectivity index (χ1v) is 6.50. The third kappa shape index (κ3) is 2.74. The number of likely N-dealkylation sites (tertiary alicyclic amines) is 1. The van der Waals surface area contributed by atoms with Crippen LogP contribution in [0.15, 0.2) is 23.1 Å². The number of aromatic nitrogens is 1.